The second-order valence-electron chi connectivity index (χ2n) is 2.52. The monoisotopic (exact) mass is 155 g/mol. The van der Waals surface area contributed by atoms with Crippen LogP contribution in [0.3, 0.4) is 0 Å². The van der Waals surface area contributed by atoms with Crippen molar-refractivity contribution < 1.29 is 4.74 Å². The van der Waals surface area contributed by atoms with E-state index in [1.165, 1.54) is 25.7 Å². The van der Waals surface area contributed by atoms with Crippen molar-refractivity contribution in [2.45, 2.75) is 39.5 Å². The lowest BCUT2D eigenvalue weighted by atomic mass is 10.2. The molecule has 0 aliphatic heterocycles. The minimum Gasteiger partial charge on any atom is -0.376 e. The third kappa shape index (κ3) is 9.70. The number of unbranched alkanes of at least 4 members (excludes halogenated alkanes) is 3. The summed E-state index contributed by atoms with van der Waals surface area (Å²) < 4.78 is 5.10. The van der Waals surface area contributed by atoms with Gasteiger partial charge in [0.1, 0.15) is 0 Å². The van der Waals surface area contributed by atoms with E-state index in [2.05, 4.69) is 19.1 Å². The highest BCUT2D eigenvalue weighted by molar-refractivity contribution is 4.76. The number of allylic oxidation sites excluding steroid dienone is 2. The molecule has 0 aromatic carbocycles. The summed E-state index contributed by atoms with van der Waals surface area (Å²) in [6, 6.07) is 0. The van der Waals surface area contributed by atoms with Gasteiger partial charge >= 0.3 is 0 Å². The van der Waals surface area contributed by atoms with Gasteiger partial charge in [-0.25, -0.2) is 0 Å². The molecule has 11 heavy (non-hydrogen) atoms. The first-order chi connectivity index (χ1) is 5.41. The largest absolute Gasteiger partial charge is 0.376 e. The van der Waals surface area contributed by atoms with Crippen molar-refractivity contribution in [3.63, 3.8) is 0 Å². The van der Waals surface area contributed by atoms with Gasteiger partial charge in [0.05, 0.1) is 6.61 Å². The predicted octanol–water partition coefficient (Wildman–Crippen LogP) is 3.32. The Bertz CT molecular complexity index is 86.9. The molecular formula is C10H19O. The van der Waals surface area contributed by atoms with Gasteiger partial charge in [0.2, 0.25) is 0 Å². The van der Waals surface area contributed by atoms with Gasteiger partial charge in [-0.3, -0.25) is 0 Å². The molecule has 0 spiro atoms. The second kappa shape index (κ2) is 9.70. The van der Waals surface area contributed by atoms with Gasteiger partial charge in [-0.15, -0.1) is 0 Å². The molecule has 0 aliphatic rings. The Hall–Kier alpha value is -0.300. The Morgan fingerprint density at radius 3 is 2.55 bits per heavy atom. The molecule has 0 N–H and O–H groups in total. The molecule has 0 saturated carbocycles. The predicted molar refractivity (Wildman–Crippen MR) is 49.2 cm³/mol. The van der Waals surface area contributed by atoms with Gasteiger partial charge in [-0.1, -0.05) is 18.6 Å². The summed E-state index contributed by atoms with van der Waals surface area (Å²) >= 11 is 0. The molecule has 0 aromatic heterocycles. The van der Waals surface area contributed by atoms with Gasteiger partial charge < -0.3 is 4.74 Å². The van der Waals surface area contributed by atoms with E-state index in [0.29, 0.717) is 0 Å². The van der Waals surface area contributed by atoms with Crippen LogP contribution in [0.2, 0.25) is 0 Å². The van der Waals surface area contributed by atoms with Crippen molar-refractivity contribution in [2.24, 2.45) is 0 Å². The molecule has 1 nitrogen and oxygen atoms in total. The van der Waals surface area contributed by atoms with Crippen LogP contribution in [0.25, 0.3) is 0 Å². The number of ether oxygens (including phenoxy) is 1. The van der Waals surface area contributed by atoms with Crippen LogP contribution in [0.1, 0.15) is 39.5 Å². The molecule has 0 fully saturated rings. The summed E-state index contributed by atoms with van der Waals surface area (Å²) in [6.07, 6.45) is 9.28. The lowest BCUT2D eigenvalue weighted by Crippen LogP contribution is -1.88. The Kier molecular flexibility index (Phi) is 9.44. The van der Waals surface area contributed by atoms with Crippen molar-refractivity contribution >= 4 is 0 Å². The van der Waals surface area contributed by atoms with Crippen LogP contribution in [0, 0.1) is 6.61 Å². The van der Waals surface area contributed by atoms with E-state index < -0.39 is 0 Å². The van der Waals surface area contributed by atoms with Crippen molar-refractivity contribution in [3.05, 3.63) is 18.8 Å². The van der Waals surface area contributed by atoms with Gasteiger partial charge in [0.25, 0.3) is 0 Å². The lowest BCUT2D eigenvalue weighted by molar-refractivity contribution is 0.198. The van der Waals surface area contributed by atoms with Gasteiger partial charge in [0, 0.05) is 6.61 Å². The zero-order valence-corrected chi connectivity index (χ0v) is 7.68. The van der Waals surface area contributed by atoms with Crippen LogP contribution < -0.4 is 0 Å². The second-order valence-corrected chi connectivity index (χ2v) is 2.52. The highest BCUT2D eigenvalue weighted by atomic mass is 16.5. The molecule has 0 atom stereocenters. The molecule has 65 valence electrons. The molecule has 0 saturated heterocycles. The third-order valence-corrected chi connectivity index (χ3v) is 1.54. The van der Waals surface area contributed by atoms with Crippen LogP contribution in [-0.2, 0) is 4.74 Å². The average Bonchev–Trinajstić information content (AvgIpc) is 2.03. The van der Waals surface area contributed by atoms with E-state index in [-0.39, 0.29) is 0 Å². The summed E-state index contributed by atoms with van der Waals surface area (Å²) in [7, 11) is 0. The molecule has 1 heteroatoms. The smallest absolute Gasteiger partial charge is 0.0805 e. The molecular weight excluding hydrogens is 136 g/mol. The Morgan fingerprint density at radius 2 is 1.91 bits per heavy atom. The first-order valence-corrected chi connectivity index (χ1v) is 4.42. The summed E-state index contributed by atoms with van der Waals surface area (Å²) in [5.74, 6) is 0. The van der Waals surface area contributed by atoms with Crippen LogP contribution in [0.5, 0.6) is 0 Å². The van der Waals surface area contributed by atoms with E-state index in [4.69, 9.17) is 4.74 Å². The van der Waals surface area contributed by atoms with E-state index in [1.807, 2.05) is 6.92 Å². The van der Waals surface area contributed by atoms with Crippen LogP contribution in [0.15, 0.2) is 12.2 Å². The highest BCUT2D eigenvalue weighted by Gasteiger charge is 1.86. The quantitative estimate of drug-likeness (QED) is 0.405. The van der Waals surface area contributed by atoms with Gasteiger partial charge in [-0.2, -0.15) is 0 Å². The number of hydrogen-bond donors (Lipinski definition) is 0. The maximum Gasteiger partial charge on any atom is 0.0805 e. The van der Waals surface area contributed by atoms with Crippen molar-refractivity contribution in [1.29, 1.82) is 0 Å². The summed E-state index contributed by atoms with van der Waals surface area (Å²) in [5, 5.41) is 0. The Labute approximate surface area is 70.4 Å². The minimum absolute atomic E-state index is 0.881. The molecule has 0 aliphatic carbocycles. The van der Waals surface area contributed by atoms with Gasteiger partial charge in [0.15, 0.2) is 0 Å². The maximum absolute atomic E-state index is 5.10. The zero-order chi connectivity index (χ0) is 8.36. The van der Waals surface area contributed by atoms with Crippen LogP contribution in [-0.4, -0.2) is 6.61 Å². The van der Waals surface area contributed by atoms with Crippen LogP contribution >= 0.6 is 0 Å². The van der Waals surface area contributed by atoms with E-state index >= 15 is 0 Å². The topological polar surface area (TPSA) is 9.23 Å². The molecule has 0 unspecified atom stereocenters. The molecule has 0 amide bonds. The molecule has 1 radical (unpaired) electrons. The Balaban J connectivity index is 2.79. The molecule has 0 bridgehead atoms. The van der Waals surface area contributed by atoms with Crippen molar-refractivity contribution in [2.75, 3.05) is 6.61 Å². The maximum atomic E-state index is 5.10. The Morgan fingerprint density at radius 1 is 1.09 bits per heavy atom. The van der Waals surface area contributed by atoms with E-state index in [9.17, 15) is 0 Å². The third-order valence-electron chi connectivity index (χ3n) is 1.54. The van der Waals surface area contributed by atoms with Crippen molar-refractivity contribution in [1.82, 2.24) is 0 Å². The molecule has 0 aromatic rings. The fourth-order valence-electron chi connectivity index (χ4n) is 0.909. The summed E-state index contributed by atoms with van der Waals surface area (Å²) in [5.41, 5.74) is 0. The summed E-state index contributed by atoms with van der Waals surface area (Å²) in [6.45, 7) is 6.62. The SMILES string of the molecule is C[CH]OCCCCC/C=C/C. The number of rotatable bonds is 7. The standard InChI is InChI=1S/C10H19O/c1-3-5-6-7-8-9-10-11-4-2/h3-5H,6-10H2,1-2H3/b5-3+. The first kappa shape index (κ1) is 10.7. The molecule has 0 heterocycles. The first-order valence-electron chi connectivity index (χ1n) is 4.42. The fourth-order valence-corrected chi connectivity index (χ4v) is 0.909. The fraction of sp³-hybridized carbons (Fsp3) is 0.700. The van der Waals surface area contributed by atoms with E-state index in [1.54, 1.807) is 6.61 Å². The van der Waals surface area contributed by atoms with E-state index in [0.717, 1.165) is 6.61 Å². The normalized spacial score (nSPS) is 11.1. The zero-order valence-electron chi connectivity index (χ0n) is 7.68. The number of hydrogen-bond acceptors (Lipinski definition) is 1. The average molecular weight is 155 g/mol. The molecule has 0 rings (SSSR count). The lowest BCUT2D eigenvalue weighted by Gasteiger charge is -1.98. The highest BCUT2D eigenvalue weighted by Crippen LogP contribution is 2.00. The summed E-state index contributed by atoms with van der Waals surface area (Å²) in [4.78, 5) is 0. The van der Waals surface area contributed by atoms with Crippen molar-refractivity contribution in [3.8, 4) is 0 Å². The van der Waals surface area contributed by atoms with Crippen LogP contribution in [0.4, 0.5) is 0 Å². The minimum atomic E-state index is 0.881. The van der Waals surface area contributed by atoms with Gasteiger partial charge in [-0.05, 0) is 33.1 Å².